The highest BCUT2D eigenvalue weighted by Crippen LogP contribution is 2.35. The Morgan fingerprint density at radius 2 is 2.00 bits per heavy atom. The van der Waals surface area contributed by atoms with E-state index < -0.39 is 6.10 Å². The molecule has 0 radical (unpaired) electrons. The number of aliphatic hydroxyl groups excluding tert-OH is 1. The minimum absolute atomic E-state index is 0.299. The second kappa shape index (κ2) is 9.43. The number of hydrogen-bond donors (Lipinski definition) is 1. The monoisotopic (exact) mass is 359 g/mol. The number of likely N-dealkylation sites (tertiary alicyclic amines) is 1. The van der Waals surface area contributed by atoms with Crippen LogP contribution in [-0.2, 0) is 0 Å². The second-order valence-corrected chi connectivity index (χ2v) is 7.62. The van der Waals surface area contributed by atoms with Gasteiger partial charge in [-0.25, -0.2) is 0 Å². The Bertz CT molecular complexity index is 599. The Kier molecular flexibility index (Phi) is 6.98. The molecule has 4 heteroatoms. The Balaban J connectivity index is 1.54. The van der Waals surface area contributed by atoms with E-state index in [4.69, 9.17) is 9.47 Å². The third-order valence-electron chi connectivity index (χ3n) is 5.78. The summed E-state index contributed by atoms with van der Waals surface area (Å²) >= 11 is 0. The number of piperidine rings is 1. The molecule has 144 valence electrons. The van der Waals surface area contributed by atoms with Gasteiger partial charge in [0.1, 0.15) is 12.7 Å². The van der Waals surface area contributed by atoms with E-state index >= 15 is 0 Å². The Labute approximate surface area is 157 Å². The highest BCUT2D eigenvalue weighted by molar-refractivity contribution is 5.55. The van der Waals surface area contributed by atoms with Crippen LogP contribution >= 0.6 is 0 Å². The summed E-state index contributed by atoms with van der Waals surface area (Å²) in [6, 6.07) is 6.54. The Hall–Kier alpha value is -1.52. The van der Waals surface area contributed by atoms with Crippen molar-refractivity contribution in [2.45, 2.75) is 57.6 Å². The molecule has 1 saturated carbocycles. The molecule has 1 aliphatic heterocycles. The number of rotatable bonds is 7. The lowest BCUT2D eigenvalue weighted by Crippen LogP contribution is -2.50. The van der Waals surface area contributed by atoms with E-state index in [2.05, 4.69) is 4.90 Å². The van der Waals surface area contributed by atoms with E-state index in [1.807, 2.05) is 37.3 Å². The molecule has 3 unspecified atom stereocenters. The number of ether oxygens (including phenoxy) is 2. The molecule has 3 atom stereocenters. The van der Waals surface area contributed by atoms with E-state index in [1.165, 1.54) is 38.5 Å². The highest BCUT2D eigenvalue weighted by atomic mass is 16.5. The molecule has 3 rings (SSSR count). The first-order valence-corrected chi connectivity index (χ1v) is 10.1. The van der Waals surface area contributed by atoms with E-state index in [0.29, 0.717) is 30.7 Å². The summed E-state index contributed by atoms with van der Waals surface area (Å²) in [5.41, 5.74) is 1.08. The first kappa shape index (κ1) is 19.2. The van der Waals surface area contributed by atoms with Gasteiger partial charge >= 0.3 is 0 Å². The van der Waals surface area contributed by atoms with E-state index in [9.17, 15) is 5.11 Å². The van der Waals surface area contributed by atoms with Gasteiger partial charge in [-0.05, 0) is 62.8 Å². The van der Waals surface area contributed by atoms with E-state index in [0.717, 1.165) is 18.0 Å². The molecule has 4 nitrogen and oxygen atoms in total. The first-order valence-electron chi connectivity index (χ1n) is 10.1. The quantitative estimate of drug-likeness (QED) is 0.795. The zero-order chi connectivity index (χ0) is 18.4. The lowest BCUT2D eigenvalue weighted by atomic mass is 9.78. The molecule has 0 aromatic heterocycles. The van der Waals surface area contributed by atoms with Crippen LogP contribution in [0.3, 0.4) is 0 Å². The summed E-state index contributed by atoms with van der Waals surface area (Å²) in [5, 5.41) is 10.5. The zero-order valence-electron chi connectivity index (χ0n) is 16.2. The van der Waals surface area contributed by atoms with Gasteiger partial charge in [-0.15, -0.1) is 0 Å². The molecule has 0 spiro atoms. The molecule has 2 aliphatic rings. The maximum atomic E-state index is 10.5. The van der Waals surface area contributed by atoms with Crippen molar-refractivity contribution in [2.75, 3.05) is 26.8 Å². The minimum atomic E-state index is -0.476. The molecule has 0 bridgehead atoms. The van der Waals surface area contributed by atoms with Gasteiger partial charge in [0, 0.05) is 12.6 Å². The summed E-state index contributed by atoms with van der Waals surface area (Å²) < 4.78 is 11.3. The van der Waals surface area contributed by atoms with Gasteiger partial charge in [-0.2, -0.15) is 0 Å². The Morgan fingerprint density at radius 1 is 1.19 bits per heavy atom. The predicted molar refractivity (Wildman–Crippen MR) is 106 cm³/mol. The molecule has 0 amide bonds. The fourth-order valence-corrected chi connectivity index (χ4v) is 4.56. The maximum Gasteiger partial charge on any atom is 0.161 e. The van der Waals surface area contributed by atoms with Crippen LogP contribution < -0.4 is 9.47 Å². The number of fused-ring (bicyclic) bond motifs is 1. The minimum Gasteiger partial charge on any atom is -0.493 e. The number of allylic oxidation sites excluding steroid dienone is 1. The number of aliphatic hydroxyl groups is 1. The van der Waals surface area contributed by atoms with Gasteiger partial charge in [0.05, 0.1) is 7.11 Å². The van der Waals surface area contributed by atoms with Gasteiger partial charge in [-0.1, -0.05) is 31.1 Å². The van der Waals surface area contributed by atoms with Gasteiger partial charge in [-0.3, -0.25) is 4.90 Å². The van der Waals surface area contributed by atoms with Crippen LogP contribution in [0.5, 0.6) is 11.5 Å². The fraction of sp³-hybridized carbons (Fsp3) is 0.636. The summed E-state index contributed by atoms with van der Waals surface area (Å²) in [6.45, 7) is 4.11. The number of benzene rings is 1. The number of methoxy groups -OCH3 is 1. The molecular formula is C22H33NO3. The number of nitrogens with zero attached hydrogens (tertiary/aromatic N) is 1. The van der Waals surface area contributed by atoms with Crippen LogP contribution in [0, 0.1) is 5.92 Å². The van der Waals surface area contributed by atoms with Crippen molar-refractivity contribution in [2.24, 2.45) is 5.92 Å². The van der Waals surface area contributed by atoms with Crippen LogP contribution in [0.15, 0.2) is 24.3 Å². The van der Waals surface area contributed by atoms with Crippen LogP contribution in [-0.4, -0.2) is 49.0 Å². The average molecular weight is 360 g/mol. The molecule has 1 aromatic rings. The van der Waals surface area contributed by atoms with Crippen molar-refractivity contribution >= 4 is 6.08 Å². The summed E-state index contributed by atoms with van der Waals surface area (Å²) in [7, 11) is 1.65. The molecule has 1 heterocycles. The topological polar surface area (TPSA) is 41.9 Å². The van der Waals surface area contributed by atoms with Crippen molar-refractivity contribution < 1.29 is 14.6 Å². The summed E-state index contributed by atoms with van der Waals surface area (Å²) in [4.78, 5) is 2.51. The maximum absolute atomic E-state index is 10.5. The SMILES string of the molecule is C/C=C/c1ccc(OCC(O)CN2CCCC3CCCCC32)c(OC)c1. The highest BCUT2D eigenvalue weighted by Gasteiger charge is 2.33. The van der Waals surface area contributed by atoms with Crippen molar-refractivity contribution in [1.82, 2.24) is 4.90 Å². The van der Waals surface area contributed by atoms with Crippen LogP contribution in [0.1, 0.15) is 51.0 Å². The predicted octanol–water partition coefficient (Wildman–Crippen LogP) is 4.12. The molecule has 1 aliphatic carbocycles. The van der Waals surface area contributed by atoms with E-state index in [1.54, 1.807) is 7.11 Å². The van der Waals surface area contributed by atoms with Crippen molar-refractivity contribution in [3.05, 3.63) is 29.8 Å². The zero-order valence-corrected chi connectivity index (χ0v) is 16.2. The van der Waals surface area contributed by atoms with Gasteiger partial charge in [0.25, 0.3) is 0 Å². The largest absolute Gasteiger partial charge is 0.493 e. The standard InChI is InChI=1S/C22H33NO3/c1-3-7-17-11-12-21(22(14-17)25-2)26-16-19(24)15-23-13-6-9-18-8-4-5-10-20(18)23/h3,7,11-12,14,18-20,24H,4-6,8-10,13,15-16H2,1-2H3/b7-3+. The second-order valence-electron chi connectivity index (χ2n) is 7.62. The molecular weight excluding hydrogens is 326 g/mol. The van der Waals surface area contributed by atoms with E-state index in [-0.39, 0.29) is 0 Å². The Morgan fingerprint density at radius 3 is 2.81 bits per heavy atom. The lowest BCUT2D eigenvalue weighted by Gasteiger charge is -2.44. The van der Waals surface area contributed by atoms with Crippen LogP contribution in [0.4, 0.5) is 0 Å². The van der Waals surface area contributed by atoms with Crippen molar-refractivity contribution in [3.8, 4) is 11.5 Å². The van der Waals surface area contributed by atoms with Gasteiger partial charge < -0.3 is 14.6 Å². The number of hydrogen-bond acceptors (Lipinski definition) is 4. The fourth-order valence-electron chi connectivity index (χ4n) is 4.56. The summed E-state index contributed by atoms with van der Waals surface area (Å²) in [5.74, 6) is 2.23. The normalized spacial score (nSPS) is 25.0. The smallest absolute Gasteiger partial charge is 0.161 e. The molecule has 1 saturated heterocycles. The van der Waals surface area contributed by atoms with Crippen molar-refractivity contribution in [1.29, 1.82) is 0 Å². The lowest BCUT2D eigenvalue weighted by molar-refractivity contribution is 0.00626. The van der Waals surface area contributed by atoms with Crippen LogP contribution in [0.2, 0.25) is 0 Å². The molecule has 2 fully saturated rings. The first-order chi connectivity index (χ1) is 12.7. The average Bonchev–Trinajstić information content (AvgIpc) is 2.67. The third-order valence-corrected chi connectivity index (χ3v) is 5.78. The molecule has 1 aromatic carbocycles. The summed E-state index contributed by atoms with van der Waals surface area (Å²) in [6.07, 6.45) is 11.5. The van der Waals surface area contributed by atoms with Crippen molar-refractivity contribution in [3.63, 3.8) is 0 Å². The van der Waals surface area contributed by atoms with Crippen LogP contribution in [0.25, 0.3) is 6.08 Å². The van der Waals surface area contributed by atoms with Gasteiger partial charge in [0.2, 0.25) is 0 Å². The number of β-amino-alcohol motifs (C(OH)–C–C–N with tert-alkyl or cyclic N) is 1. The van der Waals surface area contributed by atoms with Gasteiger partial charge in [0.15, 0.2) is 11.5 Å². The molecule has 26 heavy (non-hydrogen) atoms. The third kappa shape index (κ3) is 4.80. The molecule has 1 N–H and O–H groups in total.